The van der Waals surface area contributed by atoms with E-state index in [1.165, 1.54) is 0 Å². The number of aliphatic hydroxyl groups excluding tert-OH is 1. The summed E-state index contributed by atoms with van der Waals surface area (Å²) in [5, 5.41) is 12.1. The number of nitrogens with one attached hydrogen (secondary N) is 1. The zero-order valence-electron chi connectivity index (χ0n) is 14.1. The minimum Gasteiger partial charge on any atom is -0.393 e. The molecule has 1 aliphatic heterocycles. The van der Waals surface area contributed by atoms with Crippen molar-refractivity contribution in [2.24, 2.45) is 0 Å². The maximum atomic E-state index is 12.1. The van der Waals surface area contributed by atoms with Gasteiger partial charge in [-0.1, -0.05) is 32.9 Å². The molecule has 1 fully saturated rings. The zero-order valence-corrected chi connectivity index (χ0v) is 14.1. The van der Waals surface area contributed by atoms with Crippen molar-refractivity contribution in [2.75, 3.05) is 19.6 Å². The molecule has 0 aliphatic carbocycles. The molecule has 5 nitrogen and oxygen atoms in total. The average molecular weight is 318 g/mol. The number of rotatable bonds is 3. The van der Waals surface area contributed by atoms with E-state index in [0.29, 0.717) is 31.5 Å². The molecule has 1 aliphatic rings. The van der Waals surface area contributed by atoms with E-state index in [0.717, 1.165) is 5.56 Å². The normalized spacial score (nSPS) is 16.3. The number of likely N-dealkylation sites (tertiary alicyclic amines) is 1. The lowest BCUT2D eigenvalue weighted by molar-refractivity contribution is -0.132. The largest absolute Gasteiger partial charge is 0.393 e. The van der Waals surface area contributed by atoms with Crippen molar-refractivity contribution in [3.05, 3.63) is 35.4 Å². The fraction of sp³-hybridized carbons (Fsp3) is 0.556. The van der Waals surface area contributed by atoms with Crippen LogP contribution in [0.3, 0.4) is 0 Å². The molecule has 1 saturated heterocycles. The molecule has 23 heavy (non-hydrogen) atoms. The fourth-order valence-electron chi connectivity index (χ4n) is 2.61. The number of carbonyl (C=O) groups is 2. The Balaban J connectivity index is 1.86. The molecule has 0 radical (unpaired) electrons. The molecule has 1 aromatic carbocycles. The molecular weight excluding hydrogens is 292 g/mol. The van der Waals surface area contributed by atoms with Crippen molar-refractivity contribution in [2.45, 2.75) is 45.1 Å². The van der Waals surface area contributed by atoms with E-state index in [-0.39, 0.29) is 29.9 Å². The predicted octanol–water partition coefficient (Wildman–Crippen LogP) is 1.70. The first-order chi connectivity index (χ1) is 10.8. The second kappa shape index (κ2) is 7.13. The van der Waals surface area contributed by atoms with Crippen molar-refractivity contribution < 1.29 is 14.7 Å². The third kappa shape index (κ3) is 4.79. The average Bonchev–Trinajstić information content (AvgIpc) is 2.52. The first-order valence-corrected chi connectivity index (χ1v) is 8.12. The van der Waals surface area contributed by atoms with Crippen LogP contribution < -0.4 is 5.32 Å². The van der Waals surface area contributed by atoms with Crippen molar-refractivity contribution in [1.29, 1.82) is 0 Å². The molecule has 0 atom stereocenters. The Morgan fingerprint density at radius 1 is 1.17 bits per heavy atom. The first-order valence-electron chi connectivity index (χ1n) is 8.12. The zero-order chi connectivity index (χ0) is 17.0. The molecule has 126 valence electrons. The Hall–Kier alpha value is -1.88. The quantitative estimate of drug-likeness (QED) is 0.891. The highest BCUT2D eigenvalue weighted by molar-refractivity contribution is 5.96. The molecule has 0 bridgehead atoms. The Morgan fingerprint density at radius 3 is 2.26 bits per heavy atom. The summed E-state index contributed by atoms with van der Waals surface area (Å²) < 4.78 is 0. The van der Waals surface area contributed by atoms with Gasteiger partial charge < -0.3 is 15.3 Å². The Morgan fingerprint density at radius 2 is 1.74 bits per heavy atom. The van der Waals surface area contributed by atoms with Gasteiger partial charge in [-0.05, 0) is 36.0 Å². The van der Waals surface area contributed by atoms with E-state index in [4.69, 9.17) is 0 Å². The highest BCUT2D eigenvalue weighted by Gasteiger charge is 2.21. The number of hydrogen-bond donors (Lipinski definition) is 2. The van der Waals surface area contributed by atoms with Crippen molar-refractivity contribution >= 4 is 11.8 Å². The van der Waals surface area contributed by atoms with Crippen LogP contribution >= 0.6 is 0 Å². The highest BCUT2D eigenvalue weighted by atomic mass is 16.3. The fourth-order valence-corrected chi connectivity index (χ4v) is 2.61. The molecule has 1 heterocycles. The summed E-state index contributed by atoms with van der Waals surface area (Å²) in [7, 11) is 0. The maximum absolute atomic E-state index is 12.1. The van der Waals surface area contributed by atoms with Crippen molar-refractivity contribution in [3.63, 3.8) is 0 Å². The van der Waals surface area contributed by atoms with Crippen LogP contribution in [0.5, 0.6) is 0 Å². The van der Waals surface area contributed by atoms with E-state index in [1.54, 1.807) is 17.0 Å². The van der Waals surface area contributed by atoms with Crippen LogP contribution in [0.25, 0.3) is 0 Å². The molecule has 1 aromatic rings. The van der Waals surface area contributed by atoms with E-state index in [2.05, 4.69) is 26.1 Å². The molecule has 2 rings (SSSR count). The van der Waals surface area contributed by atoms with Crippen LogP contribution in [0.2, 0.25) is 0 Å². The molecule has 0 saturated carbocycles. The van der Waals surface area contributed by atoms with Gasteiger partial charge in [0.25, 0.3) is 5.91 Å². The van der Waals surface area contributed by atoms with Gasteiger partial charge in [-0.15, -0.1) is 0 Å². The summed E-state index contributed by atoms with van der Waals surface area (Å²) in [5.41, 5.74) is 1.76. The maximum Gasteiger partial charge on any atom is 0.251 e. The van der Waals surface area contributed by atoms with Crippen LogP contribution in [0.1, 0.15) is 49.5 Å². The lowest BCUT2D eigenvalue weighted by Crippen LogP contribution is -2.45. The third-order valence-electron chi connectivity index (χ3n) is 4.23. The van der Waals surface area contributed by atoms with Crippen LogP contribution in [-0.4, -0.2) is 47.6 Å². The molecule has 2 N–H and O–H groups in total. The number of nitrogens with zero attached hydrogens (tertiary/aromatic N) is 1. The van der Waals surface area contributed by atoms with E-state index in [1.807, 2.05) is 12.1 Å². The van der Waals surface area contributed by atoms with Gasteiger partial charge in [-0.25, -0.2) is 0 Å². The standard InChI is InChI=1S/C18H26N2O3/c1-18(2,3)14-6-4-13(5-7-14)17(23)19-12-16(22)20-10-8-15(21)9-11-20/h4-7,15,21H,8-12H2,1-3H3,(H,19,23). The monoisotopic (exact) mass is 318 g/mol. The van der Waals surface area contributed by atoms with Gasteiger partial charge >= 0.3 is 0 Å². The number of amides is 2. The molecule has 0 unspecified atom stereocenters. The molecule has 2 amide bonds. The topological polar surface area (TPSA) is 69.6 Å². The lowest BCUT2D eigenvalue weighted by Gasteiger charge is -2.29. The first kappa shape index (κ1) is 17.5. The molecular formula is C18H26N2O3. The number of benzene rings is 1. The van der Waals surface area contributed by atoms with Gasteiger partial charge in [0.05, 0.1) is 12.6 Å². The van der Waals surface area contributed by atoms with Gasteiger partial charge in [-0.3, -0.25) is 9.59 Å². The second-order valence-corrected chi connectivity index (χ2v) is 7.12. The van der Waals surface area contributed by atoms with Crippen molar-refractivity contribution in [3.8, 4) is 0 Å². The second-order valence-electron chi connectivity index (χ2n) is 7.12. The van der Waals surface area contributed by atoms with Gasteiger partial charge in [0.15, 0.2) is 0 Å². The minimum absolute atomic E-state index is 0.00402. The lowest BCUT2D eigenvalue weighted by atomic mass is 9.87. The Kier molecular flexibility index (Phi) is 5.42. The van der Waals surface area contributed by atoms with Gasteiger partial charge in [-0.2, -0.15) is 0 Å². The van der Waals surface area contributed by atoms with Gasteiger partial charge in [0.1, 0.15) is 0 Å². The van der Waals surface area contributed by atoms with E-state index < -0.39 is 0 Å². The van der Waals surface area contributed by atoms with E-state index >= 15 is 0 Å². The predicted molar refractivity (Wildman–Crippen MR) is 89.3 cm³/mol. The summed E-state index contributed by atoms with van der Waals surface area (Å²) in [5.74, 6) is -0.340. The van der Waals surface area contributed by atoms with Gasteiger partial charge in [0, 0.05) is 18.7 Å². The molecule has 0 aromatic heterocycles. The Bertz CT molecular complexity index is 553. The van der Waals surface area contributed by atoms with Crippen LogP contribution in [0.15, 0.2) is 24.3 Å². The summed E-state index contributed by atoms with van der Waals surface area (Å²) in [6.07, 6.45) is 0.900. The third-order valence-corrected chi connectivity index (χ3v) is 4.23. The van der Waals surface area contributed by atoms with Gasteiger partial charge in [0.2, 0.25) is 5.91 Å². The minimum atomic E-state index is -0.310. The summed E-state index contributed by atoms with van der Waals surface area (Å²) in [6.45, 7) is 7.46. The SMILES string of the molecule is CC(C)(C)c1ccc(C(=O)NCC(=O)N2CCC(O)CC2)cc1. The summed E-state index contributed by atoms with van der Waals surface area (Å²) in [6, 6.07) is 7.47. The number of carbonyl (C=O) groups excluding carboxylic acids is 2. The summed E-state index contributed by atoms with van der Waals surface area (Å²) in [4.78, 5) is 25.9. The van der Waals surface area contributed by atoms with E-state index in [9.17, 15) is 14.7 Å². The summed E-state index contributed by atoms with van der Waals surface area (Å²) >= 11 is 0. The van der Waals surface area contributed by atoms with Crippen LogP contribution in [0, 0.1) is 0 Å². The smallest absolute Gasteiger partial charge is 0.251 e. The highest BCUT2D eigenvalue weighted by Crippen LogP contribution is 2.22. The van der Waals surface area contributed by atoms with Crippen LogP contribution in [0.4, 0.5) is 0 Å². The number of piperidine rings is 1. The number of hydrogen-bond acceptors (Lipinski definition) is 3. The Labute approximate surface area is 137 Å². The molecule has 5 heteroatoms. The van der Waals surface area contributed by atoms with Crippen molar-refractivity contribution in [1.82, 2.24) is 10.2 Å². The van der Waals surface area contributed by atoms with Crippen LogP contribution in [-0.2, 0) is 10.2 Å². The number of aliphatic hydroxyl groups is 1. The molecule has 0 spiro atoms.